The Morgan fingerprint density at radius 3 is 2.29 bits per heavy atom. The maximum Gasteiger partial charge on any atom is 0.402 e. The van der Waals surface area contributed by atoms with Crippen LogP contribution in [0.25, 0.3) is 11.0 Å². The van der Waals surface area contributed by atoms with Crippen LogP contribution in [0.15, 0.2) is 29.5 Å². The van der Waals surface area contributed by atoms with Gasteiger partial charge in [0.05, 0.1) is 0 Å². The summed E-state index contributed by atoms with van der Waals surface area (Å²) in [4.78, 5) is 18.8. The number of halogens is 6. The quantitative estimate of drug-likeness (QED) is 0.801. The first-order valence-corrected chi connectivity index (χ1v) is 5.53. The normalized spacial score (nSPS) is 13.1. The van der Waals surface area contributed by atoms with E-state index in [2.05, 4.69) is 9.97 Å². The predicted molar refractivity (Wildman–Crippen MR) is 59.4 cm³/mol. The van der Waals surface area contributed by atoms with Gasteiger partial charge in [-0.05, 0) is 6.07 Å². The van der Waals surface area contributed by atoms with Gasteiger partial charge in [-0.3, -0.25) is 9.36 Å². The van der Waals surface area contributed by atoms with Crippen LogP contribution < -0.4 is 5.56 Å². The molecular weight excluding hydrogens is 304 g/mol. The summed E-state index contributed by atoms with van der Waals surface area (Å²) in [5.74, 6) is -3.65. The molecule has 4 nitrogen and oxygen atoms in total. The highest BCUT2D eigenvalue weighted by atomic mass is 19.4. The van der Waals surface area contributed by atoms with Gasteiger partial charge in [0.1, 0.15) is 12.0 Å². The molecule has 0 atom stereocenters. The second-order valence-corrected chi connectivity index (χ2v) is 4.22. The first kappa shape index (κ1) is 15.3. The Morgan fingerprint density at radius 1 is 1.10 bits per heavy atom. The van der Waals surface area contributed by atoms with E-state index in [1.165, 1.54) is 12.3 Å². The Hall–Kier alpha value is -2.13. The van der Waals surface area contributed by atoms with Crippen LogP contribution in [0.3, 0.4) is 0 Å². The highest BCUT2D eigenvalue weighted by Gasteiger charge is 2.56. The number of pyridine rings is 1. The summed E-state index contributed by atoms with van der Waals surface area (Å²) in [6, 6.07) is 2.10. The minimum absolute atomic E-state index is 0.167. The molecule has 0 amide bonds. The van der Waals surface area contributed by atoms with E-state index in [1.54, 1.807) is 0 Å². The number of aromatic nitrogens is 3. The second kappa shape index (κ2) is 5.01. The second-order valence-electron chi connectivity index (χ2n) is 4.22. The Morgan fingerprint density at radius 2 is 1.71 bits per heavy atom. The van der Waals surface area contributed by atoms with Gasteiger partial charge in [0.2, 0.25) is 0 Å². The van der Waals surface area contributed by atoms with E-state index in [0.717, 1.165) is 12.4 Å². The summed E-state index contributed by atoms with van der Waals surface area (Å²) in [5.41, 5.74) is -1.28. The van der Waals surface area contributed by atoms with Gasteiger partial charge in [0.25, 0.3) is 5.56 Å². The van der Waals surface area contributed by atoms with E-state index in [9.17, 15) is 31.1 Å². The number of alkyl halides is 6. The lowest BCUT2D eigenvalue weighted by atomic mass is 10.1. The third kappa shape index (κ3) is 3.14. The van der Waals surface area contributed by atoms with Crippen molar-refractivity contribution in [1.29, 1.82) is 0 Å². The largest absolute Gasteiger partial charge is 0.402 e. The molecule has 0 aliphatic rings. The van der Waals surface area contributed by atoms with Gasteiger partial charge in [-0.25, -0.2) is 9.97 Å². The van der Waals surface area contributed by atoms with E-state index in [1.807, 2.05) is 0 Å². The van der Waals surface area contributed by atoms with Crippen LogP contribution in [0.5, 0.6) is 0 Å². The summed E-state index contributed by atoms with van der Waals surface area (Å²) >= 11 is 0. The van der Waals surface area contributed by atoms with Crippen molar-refractivity contribution in [2.45, 2.75) is 18.9 Å². The lowest BCUT2D eigenvalue weighted by Crippen LogP contribution is -2.41. The fourth-order valence-corrected chi connectivity index (χ4v) is 1.78. The zero-order chi connectivity index (χ0) is 15.8. The molecule has 0 spiro atoms. The van der Waals surface area contributed by atoms with E-state index < -0.39 is 30.4 Å². The molecule has 21 heavy (non-hydrogen) atoms. The van der Waals surface area contributed by atoms with Gasteiger partial charge in [-0.2, -0.15) is 26.3 Å². The summed E-state index contributed by atoms with van der Waals surface area (Å²) in [6.45, 7) is -1.58. The van der Waals surface area contributed by atoms with Gasteiger partial charge < -0.3 is 0 Å². The summed E-state index contributed by atoms with van der Waals surface area (Å²) < 4.78 is 75.7. The third-order valence-electron chi connectivity index (χ3n) is 2.80. The maximum absolute atomic E-state index is 12.6. The van der Waals surface area contributed by atoms with Crippen molar-refractivity contribution in [3.8, 4) is 0 Å². The Balaban J connectivity index is 2.56. The molecule has 2 aromatic rings. The zero-order valence-electron chi connectivity index (χ0n) is 10.1. The molecule has 0 aromatic carbocycles. The predicted octanol–water partition coefficient (Wildman–Crippen LogP) is 2.53. The van der Waals surface area contributed by atoms with Crippen molar-refractivity contribution in [3.63, 3.8) is 0 Å². The lowest BCUT2D eigenvalue weighted by molar-refractivity contribution is -0.287. The topological polar surface area (TPSA) is 47.8 Å². The summed E-state index contributed by atoms with van der Waals surface area (Å²) in [7, 11) is 0. The van der Waals surface area contributed by atoms with E-state index in [4.69, 9.17) is 0 Å². The van der Waals surface area contributed by atoms with Crippen molar-refractivity contribution >= 4 is 11.0 Å². The average molecular weight is 311 g/mol. The molecule has 0 bridgehead atoms. The van der Waals surface area contributed by atoms with Crippen LogP contribution in [-0.2, 0) is 6.54 Å². The van der Waals surface area contributed by atoms with Gasteiger partial charge >= 0.3 is 12.4 Å². The van der Waals surface area contributed by atoms with E-state index >= 15 is 0 Å². The summed E-state index contributed by atoms with van der Waals surface area (Å²) in [5, 5.41) is 0.167. The Bertz CT molecular complexity index is 691. The van der Waals surface area contributed by atoms with Crippen molar-refractivity contribution in [1.82, 2.24) is 14.5 Å². The van der Waals surface area contributed by atoms with Gasteiger partial charge in [0.15, 0.2) is 5.92 Å². The fourth-order valence-electron chi connectivity index (χ4n) is 1.78. The zero-order valence-corrected chi connectivity index (χ0v) is 10.1. The Kier molecular flexibility index (Phi) is 3.64. The molecule has 10 heteroatoms. The molecule has 2 heterocycles. The third-order valence-corrected chi connectivity index (χ3v) is 2.80. The molecule has 0 N–H and O–H groups in total. The first-order valence-electron chi connectivity index (χ1n) is 5.53. The average Bonchev–Trinajstić information content (AvgIpc) is 2.34. The monoisotopic (exact) mass is 311 g/mol. The molecule has 0 radical (unpaired) electrons. The molecule has 0 aliphatic heterocycles. The minimum atomic E-state index is -5.52. The minimum Gasteiger partial charge on any atom is -0.292 e. The van der Waals surface area contributed by atoms with Crippen LogP contribution in [0.1, 0.15) is 0 Å². The van der Waals surface area contributed by atoms with Crippen molar-refractivity contribution < 1.29 is 26.3 Å². The highest BCUT2D eigenvalue weighted by Crippen LogP contribution is 2.40. The standard InChI is InChI=1S/C11H7F6N3O/c12-10(13,14)7(11(15,16)17)4-20-8(21)2-1-6-3-18-5-19-9(6)20/h1-3,5,7H,4H2. The molecular formula is C11H7F6N3O. The van der Waals surface area contributed by atoms with Crippen molar-refractivity contribution in [2.75, 3.05) is 0 Å². The van der Waals surface area contributed by atoms with Crippen LogP contribution in [0.4, 0.5) is 26.3 Å². The van der Waals surface area contributed by atoms with Gasteiger partial charge in [-0.1, -0.05) is 0 Å². The Labute approximate surface area is 113 Å². The lowest BCUT2D eigenvalue weighted by Gasteiger charge is -2.23. The molecule has 0 saturated carbocycles. The summed E-state index contributed by atoms with van der Waals surface area (Å²) in [6.07, 6.45) is -8.91. The first-order chi connectivity index (χ1) is 9.60. The molecule has 0 unspecified atom stereocenters. The van der Waals surface area contributed by atoms with Gasteiger partial charge in [0, 0.05) is 24.2 Å². The number of hydrogen-bond donors (Lipinski definition) is 0. The highest BCUT2D eigenvalue weighted by molar-refractivity contribution is 5.73. The molecule has 0 saturated heterocycles. The van der Waals surface area contributed by atoms with Crippen LogP contribution in [0.2, 0.25) is 0 Å². The van der Waals surface area contributed by atoms with Gasteiger partial charge in [-0.15, -0.1) is 0 Å². The molecule has 2 rings (SSSR count). The molecule has 114 valence electrons. The van der Waals surface area contributed by atoms with Crippen molar-refractivity contribution in [3.05, 3.63) is 35.0 Å². The molecule has 0 aliphatic carbocycles. The fraction of sp³-hybridized carbons (Fsp3) is 0.364. The number of nitrogens with zero attached hydrogens (tertiary/aromatic N) is 3. The van der Waals surface area contributed by atoms with Crippen LogP contribution >= 0.6 is 0 Å². The number of hydrogen-bond acceptors (Lipinski definition) is 3. The van der Waals surface area contributed by atoms with Crippen LogP contribution in [-0.4, -0.2) is 26.9 Å². The molecule has 0 fully saturated rings. The van der Waals surface area contributed by atoms with E-state index in [0.29, 0.717) is 4.57 Å². The van der Waals surface area contributed by atoms with Crippen molar-refractivity contribution in [2.24, 2.45) is 5.92 Å². The number of rotatable bonds is 2. The smallest absolute Gasteiger partial charge is 0.292 e. The maximum atomic E-state index is 12.6. The molecule has 2 aromatic heterocycles. The van der Waals surface area contributed by atoms with E-state index in [-0.39, 0.29) is 11.0 Å². The van der Waals surface area contributed by atoms with Crippen LogP contribution in [0, 0.1) is 5.92 Å². The number of fused-ring (bicyclic) bond motifs is 1. The SMILES string of the molecule is O=c1ccc2cncnc2n1CC(C(F)(F)F)C(F)(F)F.